The number of carbonyl (C=O) groups is 1. The van der Waals surface area contributed by atoms with Gasteiger partial charge in [0.25, 0.3) is 0 Å². The van der Waals surface area contributed by atoms with E-state index in [0.717, 1.165) is 11.4 Å². The second-order valence-electron chi connectivity index (χ2n) is 2.44. The Kier molecular flexibility index (Phi) is 2.63. The van der Waals surface area contributed by atoms with Crippen LogP contribution in [0.3, 0.4) is 0 Å². The highest BCUT2D eigenvalue weighted by Crippen LogP contribution is 2.03. The minimum absolute atomic E-state index is 0.0786. The van der Waals surface area contributed by atoms with Crippen LogP contribution in [-0.2, 0) is 4.79 Å². The Balaban J connectivity index is 2.53. The lowest BCUT2D eigenvalue weighted by atomic mass is 10.3. The van der Waals surface area contributed by atoms with E-state index >= 15 is 0 Å². The Morgan fingerprint density at radius 3 is 2.92 bits per heavy atom. The minimum atomic E-state index is -0.879. The molecule has 0 aliphatic rings. The maximum atomic E-state index is 10.2. The number of rotatable bonds is 3. The monoisotopic (exact) mass is 166 g/mol. The van der Waals surface area contributed by atoms with E-state index in [-0.39, 0.29) is 6.54 Å². The van der Waals surface area contributed by atoms with Crippen LogP contribution >= 0.6 is 0 Å². The second kappa shape index (κ2) is 3.71. The molecule has 1 aromatic heterocycles. The van der Waals surface area contributed by atoms with Crippen LogP contribution in [0.2, 0.25) is 0 Å². The van der Waals surface area contributed by atoms with Gasteiger partial charge in [-0.3, -0.25) is 9.78 Å². The van der Waals surface area contributed by atoms with Gasteiger partial charge in [0.2, 0.25) is 0 Å². The number of aliphatic carboxylic acids is 1. The zero-order valence-corrected chi connectivity index (χ0v) is 6.74. The van der Waals surface area contributed by atoms with Gasteiger partial charge in [0.15, 0.2) is 0 Å². The van der Waals surface area contributed by atoms with E-state index in [1.54, 1.807) is 12.3 Å². The molecule has 64 valence electrons. The average molecular weight is 166 g/mol. The minimum Gasteiger partial charge on any atom is -0.480 e. The summed E-state index contributed by atoms with van der Waals surface area (Å²) in [7, 11) is 0. The van der Waals surface area contributed by atoms with Crippen LogP contribution < -0.4 is 5.32 Å². The molecular weight excluding hydrogens is 156 g/mol. The highest BCUT2D eigenvalue weighted by atomic mass is 16.4. The molecule has 0 radical (unpaired) electrons. The van der Waals surface area contributed by atoms with Crippen LogP contribution in [0, 0.1) is 6.92 Å². The van der Waals surface area contributed by atoms with Crippen LogP contribution in [0.25, 0.3) is 0 Å². The summed E-state index contributed by atoms with van der Waals surface area (Å²) >= 11 is 0. The Bertz CT molecular complexity index is 269. The SMILES string of the molecule is Cc1ccc(NCC(=O)O)cn1. The van der Waals surface area contributed by atoms with Crippen molar-refractivity contribution in [2.45, 2.75) is 6.92 Å². The number of aromatic nitrogens is 1. The zero-order chi connectivity index (χ0) is 8.97. The third-order valence-corrected chi connectivity index (χ3v) is 1.36. The van der Waals surface area contributed by atoms with Gasteiger partial charge >= 0.3 is 5.97 Å². The van der Waals surface area contributed by atoms with E-state index in [1.165, 1.54) is 0 Å². The summed E-state index contributed by atoms with van der Waals surface area (Å²) in [5.74, 6) is -0.879. The van der Waals surface area contributed by atoms with Crippen LogP contribution in [0.1, 0.15) is 5.69 Å². The van der Waals surface area contributed by atoms with Gasteiger partial charge in [0, 0.05) is 5.69 Å². The molecule has 0 saturated carbocycles. The molecule has 0 bridgehead atoms. The molecule has 0 aliphatic heterocycles. The van der Waals surface area contributed by atoms with Gasteiger partial charge in [-0.05, 0) is 19.1 Å². The summed E-state index contributed by atoms with van der Waals surface area (Å²) < 4.78 is 0. The Labute approximate surface area is 70.3 Å². The largest absolute Gasteiger partial charge is 0.480 e. The maximum Gasteiger partial charge on any atom is 0.322 e. The van der Waals surface area contributed by atoms with E-state index < -0.39 is 5.97 Å². The fourth-order valence-electron chi connectivity index (χ4n) is 0.750. The summed E-state index contributed by atoms with van der Waals surface area (Å²) in [4.78, 5) is 14.2. The van der Waals surface area contributed by atoms with E-state index in [0.29, 0.717) is 0 Å². The Hall–Kier alpha value is -1.58. The number of nitrogens with zero attached hydrogens (tertiary/aromatic N) is 1. The summed E-state index contributed by atoms with van der Waals surface area (Å²) in [6.07, 6.45) is 1.61. The van der Waals surface area contributed by atoms with Crippen molar-refractivity contribution in [3.05, 3.63) is 24.0 Å². The van der Waals surface area contributed by atoms with Gasteiger partial charge in [0.1, 0.15) is 6.54 Å². The van der Waals surface area contributed by atoms with Crippen molar-refractivity contribution in [1.29, 1.82) is 0 Å². The topological polar surface area (TPSA) is 62.2 Å². The predicted octanol–water partition coefficient (Wildman–Crippen LogP) is 0.887. The summed E-state index contributed by atoms with van der Waals surface area (Å²) in [5.41, 5.74) is 1.64. The maximum absolute atomic E-state index is 10.2. The molecule has 0 atom stereocenters. The first-order valence-electron chi connectivity index (χ1n) is 3.57. The Morgan fingerprint density at radius 2 is 2.42 bits per heavy atom. The van der Waals surface area contributed by atoms with Gasteiger partial charge in [0.05, 0.1) is 11.9 Å². The summed E-state index contributed by atoms with van der Waals surface area (Å²) in [6, 6.07) is 3.62. The molecule has 0 fully saturated rings. The number of nitrogens with one attached hydrogen (secondary N) is 1. The molecule has 2 N–H and O–H groups in total. The fourth-order valence-corrected chi connectivity index (χ4v) is 0.750. The van der Waals surface area contributed by atoms with Crippen molar-refractivity contribution in [3.63, 3.8) is 0 Å². The first kappa shape index (κ1) is 8.52. The lowest BCUT2D eigenvalue weighted by molar-refractivity contribution is -0.134. The number of hydrogen-bond donors (Lipinski definition) is 2. The molecule has 0 aliphatic carbocycles. The predicted molar refractivity (Wildman–Crippen MR) is 45.1 cm³/mol. The van der Waals surface area contributed by atoms with Crippen LogP contribution in [0.5, 0.6) is 0 Å². The molecule has 0 saturated heterocycles. The number of aryl methyl sites for hydroxylation is 1. The van der Waals surface area contributed by atoms with Gasteiger partial charge in [-0.1, -0.05) is 0 Å². The average Bonchev–Trinajstić information content (AvgIpc) is 2.03. The van der Waals surface area contributed by atoms with Crippen LogP contribution in [-0.4, -0.2) is 22.6 Å². The molecule has 12 heavy (non-hydrogen) atoms. The van der Waals surface area contributed by atoms with Crippen molar-refractivity contribution in [1.82, 2.24) is 4.98 Å². The molecule has 0 amide bonds. The molecule has 4 nitrogen and oxygen atoms in total. The van der Waals surface area contributed by atoms with Gasteiger partial charge in [-0.25, -0.2) is 0 Å². The number of carboxylic acid groups (broad SMARTS) is 1. The van der Waals surface area contributed by atoms with Gasteiger partial charge < -0.3 is 10.4 Å². The van der Waals surface area contributed by atoms with Crippen LogP contribution in [0.4, 0.5) is 5.69 Å². The number of pyridine rings is 1. The normalized spacial score (nSPS) is 9.42. The number of hydrogen-bond acceptors (Lipinski definition) is 3. The van der Waals surface area contributed by atoms with Crippen molar-refractivity contribution < 1.29 is 9.90 Å². The summed E-state index contributed by atoms with van der Waals surface area (Å²) in [5, 5.41) is 11.1. The standard InChI is InChI=1S/C8H10N2O2/c1-6-2-3-7(4-9-6)10-5-8(11)12/h2-4,10H,5H2,1H3,(H,11,12). The number of carboxylic acids is 1. The van der Waals surface area contributed by atoms with E-state index in [2.05, 4.69) is 10.3 Å². The third-order valence-electron chi connectivity index (χ3n) is 1.36. The van der Waals surface area contributed by atoms with Crippen molar-refractivity contribution in [2.24, 2.45) is 0 Å². The van der Waals surface area contributed by atoms with E-state index in [4.69, 9.17) is 5.11 Å². The molecule has 0 unspecified atom stereocenters. The molecule has 0 spiro atoms. The van der Waals surface area contributed by atoms with Gasteiger partial charge in [-0.15, -0.1) is 0 Å². The fraction of sp³-hybridized carbons (Fsp3) is 0.250. The lowest BCUT2D eigenvalue weighted by Crippen LogP contribution is -2.12. The quantitative estimate of drug-likeness (QED) is 0.699. The Morgan fingerprint density at radius 1 is 1.67 bits per heavy atom. The van der Waals surface area contributed by atoms with Crippen molar-refractivity contribution in [3.8, 4) is 0 Å². The molecule has 4 heteroatoms. The molecule has 0 aromatic carbocycles. The number of anilines is 1. The zero-order valence-electron chi connectivity index (χ0n) is 6.74. The van der Waals surface area contributed by atoms with Gasteiger partial charge in [-0.2, -0.15) is 0 Å². The smallest absolute Gasteiger partial charge is 0.322 e. The molecule has 1 heterocycles. The molecule has 1 rings (SSSR count). The van der Waals surface area contributed by atoms with E-state index in [9.17, 15) is 4.79 Å². The molecular formula is C8H10N2O2. The van der Waals surface area contributed by atoms with Crippen molar-refractivity contribution >= 4 is 11.7 Å². The lowest BCUT2D eigenvalue weighted by Gasteiger charge is -2.01. The van der Waals surface area contributed by atoms with Crippen molar-refractivity contribution in [2.75, 3.05) is 11.9 Å². The summed E-state index contributed by atoms with van der Waals surface area (Å²) in [6.45, 7) is 1.80. The van der Waals surface area contributed by atoms with E-state index in [1.807, 2.05) is 13.0 Å². The highest BCUT2D eigenvalue weighted by Gasteiger charge is 1.95. The third kappa shape index (κ3) is 2.57. The first-order chi connectivity index (χ1) is 5.68. The molecule has 1 aromatic rings. The first-order valence-corrected chi connectivity index (χ1v) is 3.57. The highest BCUT2D eigenvalue weighted by molar-refractivity contribution is 5.72. The van der Waals surface area contributed by atoms with Crippen LogP contribution in [0.15, 0.2) is 18.3 Å². The second-order valence-corrected chi connectivity index (χ2v) is 2.44.